The summed E-state index contributed by atoms with van der Waals surface area (Å²) in [6.07, 6.45) is 2.18. The summed E-state index contributed by atoms with van der Waals surface area (Å²) in [5.74, 6) is 0.00655. The zero-order valence-electron chi connectivity index (χ0n) is 15.4. The Hall–Kier alpha value is -2.28. The van der Waals surface area contributed by atoms with Crippen molar-refractivity contribution >= 4 is 34.0 Å². The Morgan fingerprint density at radius 2 is 2.04 bits per heavy atom. The van der Waals surface area contributed by atoms with Gasteiger partial charge in [0.15, 0.2) is 0 Å². The first-order valence-electron chi connectivity index (χ1n) is 9.05. The van der Waals surface area contributed by atoms with Crippen LogP contribution >= 0.6 is 11.3 Å². The van der Waals surface area contributed by atoms with Crippen LogP contribution in [0.5, 0.6) is 0 Å². The first-order chi connectivity index (χ1) is 12.5. The highest BCUT2D eigenvalue weighted by atomic mass is 32.1. The Balaban J connectivity index is 1.67. The van der Waals surface area contributed by atoms with E-state index in [1.807, 2.05) is 30.9 Å². The lowest BCUT2D eigenvalue weighted by molar-refractivity contribution is -0.119. The summed E-state index contributed by atoms with van der Waals surface area (Å²) >= 11 is 1.36. The number of nitrogens with one attached hydrogen (secondary N) is 1. The molecule has 2 unspecified atom stereocenters. The fourth-order valence-corrected chi connectivity index (χ4v) is 3.74. The van der Waals surface area contributed by atoms with Gasteiger partial charge in [-0.2, -0.15) is 0 Å². The van der Waals surface area contributed by atoms with Crippen LogP contribution < -0.4 is 10.2 Å². The quantitative estimate of drug-likeness (QED) is 0.840. The summed E-state index contributed by atoms with van der Waals surface area (Å²) in [4.78, 5) is 26.2. The molecule has 6 nitrogen and oxygen atoms in total. The molecule has 1 saturated heterocycles. The number of hydrogen-bond donors (Lipinski definition) is 1. The third-order valence-electron chi connectivity index (χ3n) is 4.86. The molecule has 1 fully saturated rings. The SMILES string of the molecule is CCc1ccc(N2CC(c3nnc(NC(=O)C(C)CC)s3)CC2=O)cc1. The van der Waals surface area contributed by atoms with Gasteiger partial charge in [-0.25, -0.2) is 0 Å². The predicted molar refractivity (Wildman–Crippen MR) is 104 cm³/mol. The van der Waals surface area contributed by atoms with Crippen LogP contribution in [0.3, 0.4) is 0 Å². The second kappa shape index (κ2) is 7.95. The number of nitrogens with zero attached hydrogens (tertiary/aromatic N) is 3. The molecule has 2 amide bonds. The number of aromatic nitrogens is 2. The van der Waals surface area contributed by atoms with Crippen molar-refractivity contribution in [1.29, 1.82) is 0 Å². The van der Waals surface area contributed by atoms with Crippen molar-refractivity contribution in [2.24, 2.45) is 5.92 Å². The van der Waals surface area contributed by atoms with E-state index in [0.29, 0.717) is 18.1 Å². The first-order valence-corrected chi connectivity index (χ1v) is 9.87. The van der Waals surface area contributed by atoms with Gasteiger partial charge in [0, 0.05) is 30.5 Å². The molecular formula is C19H24N4O2S. The van der Waals surface area contributed by atoms with Gasteiger partial charge in [0.25, 0.3) is 0 Å². The summed E-state index contributed by atoms with van der Waals surface area (Å²) < 4.78 is 0. The molecule has 3 rings (SSSR count). The number of benzene rings is 1. The fraction of sp³-hybridized carbons (Fsp3) is 0.474. The van der Waals surface area contributed by atoms with Crippen LogP contribution in [0.2, 0.25) is 0 Å². The molecule has 1 N–H and O–H groups in total. The maximum absolute atomic E-state index is 12.4. The highest BCUT2D eigenvalue weighted by molar-refractivity contribution is 7.15. The molecule has 2 atom stereocenters. The van der Waals surface area contributed by atoms with Gasteiger partial charge in [-0.1, -0.05) is 44.2 Å². The van der Waals surface area contributed by atoms with Gasteiger partial charge in [0.1, 0.15) is 5.01 Å². The lowest BCUT2D eigenvalue weighted by Crippen LogP contribution is -2.24. The molecule has 1 aromatic heterocycles. The Labute approximate surface area is 157 Å². The first kappa shape index (κ1) is 18.5. The van der Waals surface area contributed by atoms with E-state index >= 15 is 0 Å². The second-order valence-corrected chi connectivity index (χ2v) is 7.68. The Kier molecular flexibility index (Phi) is 5.66. The molecule has 7 heteroatoms. The largest absolute Gasteiger partial charge is 0.312 e. The van der Waals surface area contributed by atoms with Crippen molar-refractivity contribution in [1.82, 2.24) is 10.2 Å². The van der Waals surface area contributed by atoms with Crippen molar-refractivity contribution in [2.75, 3.05) is 16.8 Å². The molecule has 0 bridgehead atoms. The molecular weight excluding hydrogens is 348 g/mol. The van der Waals surface area contributed by atoms with Crippen LogP contribution in [-0.4, -0.2) is 28.6 Å². The van der Waals surface area contributed by atoms with Gasteiger partial charge in [0.05, 0.1) is 0 Å². The van der Waals surface area contributed by atoms with E-state index in [0.717, 1.165) is 23.5 Å². The summed E-state index contributed by atoms with van der Waals surface area (Å²) in [6, 6.07) is 8.11. The molecule has 0 spiro atoms. The summed E-state index contributed by atoms with van der Waals surface area (Å²) in [5, 5.41) is 12.4. The van der Waals surface area contributed by atoms with Gasteiger partial charge in [-0.15, -0.1) is 10.2 Å². The van der Waals surface area contributed by atoms with Gasteiger partial charge in [0.2, 0.25) is 16.9 Å². The third-order valence-corrected chi connectivity index (χ3v) is 5.86. The number of rotatable bonds is 6. The number of carbonyl (C=O) groups excluding carboxylic acids is 2. The molecule has 2 heterocycles. The molecule has 1 aromatic carbocycles. The van der Waals surface area contributed by atoms with E-state index in [9.17, 15) is 9.59 Å². The molecule has 26 heavy (non-hydrogen) atoms. The Bertz CT molecular complexity index is 787. The number of anilines is 2. The Morgan fingerprint density at radius 1 is 1.31 bits per heavy atom. The number of hydrogen-bond acceptors (Lipinski definition) is 5. The zero-order valence-corrected chi connectivity index (χ0v) is 16.2. The van der Waals surface area contributed by atoms with Gasteiger partial charge in [-0.3, -0.25) is 9.59 Å². The number of aryl methyl sites for hydroxylation is 1. The zero-order chi connectivity index (χ0) is 18.7. The van der Waals surface area contributed by atoms with Crippen LogP contribution in [0, 0.1) is 5.92 Å². The van der Waals surface area contributed by atoms with Crippen LogP contribution in [0.15, 0.2) is 24.3 Å². The minimum absolute atomic E-state index is 0.0140. The van der Waals surface area contributed by atoms with Crippen molar-refractivity contribution in [3.63, 3.8) is 0 Å². The van der Waals surface area contributed by atoms with E-state index in [1.165, 1.54) is 16.9 Å². The molecule has 1 aliphatic rings. The lowest BCUT2D eigenvalue weighted by atomic mass is 10.1. The van der Waals surface area contributed by atoms with E-state index in [1.54, 1.807) is 0 Å². The smallest absolute Gasteiger partial charge is 0.229 e. The van der Waals surface area contributed by atoms with Crippen LogP contribution in [0.4, 0.5) is 10.8 Å². The average molecular weight is 372 g/mol. The van der Waals surface area contributed by atoms with Gasteiger partial charge < -0.3 is 10.2 Å². The molecule has 0 radical (unpaired) electrons. The van der Waals surface area contributed by atoms with Crippen molar-refractivity contribution in [3.05, 3.63) is 34.8 Å². The monoisotopic (exact) mass is 372 g/mol. The maximum Gasteiger partial charge on any atom is 0.229 e. The number of amides is 2. The highest BCUT2D eigenvalue weighted by Gasteiger charge is 2.34. The van der Waals surface area contributed by atoms with E-state index < -0.39 is 0 Å². The molecule has 1 aliphatic heterocycles. The minimum atomic E-state index is -0.0583. The highest BCUT2D eigenvalue weighted by Crippen LogP contribution is 2.34. The second-order valence-electron chi connectivity index (χ2n) is 6.67. The molecule has 2 aromatic rings. The summed E-state index contributed by atoms with van der Waals surface area (Å²) in [7, 11) is 0. The summed E-state index contributed by atoms with van der Waals surface area (Å²) in [5.41, 5.74) is 2.17. The van der Waals surface area contributed by atoms with Crippen LogP contribution in [0.1, 0.15) is 50.1 Å². The van der Waals surface area contributed by atoms with Crippen molar-refractivity contribution in [2.45, 2.75) is 46.0 Å². The van der Waals surface area contributed by atoms with Gasteiger partial charge >= 0.3 is 0 Å². The van der Waals surface area contributed by atoms with E-state index in [-0.39, 0.29) is 23.7 Å². The molecule has 0 aliphatic carbocycles. The molecule has 138 valence electrons. The topological polar surface area (TPSA) is 75.2 Å². The lowest BCUT2D eigenvalue weighted by Gasteiger charge is -2.16. The summed E-state index contributed by atoms with van der Waals surface area (Å²) in [6.45, 7) is 6.56. The minimum Gasteiger partial charge on any atom is -0.312 e. The average Bonchev–Trinajstić information content (AvgIpc) is 3.27. The maximum atomic E-state index is 12.4. The van der Waals surface area contributed by atoms with Crippen LogP contribution in [0.25, 0.3) is 0 Å². The Morgan fingerprint density at radius 3 is 2.69 bits per heavy atom. The number of carbonyl (C=O) groups is 2. The van der Waals surface area contributed by atoms with Crippen molar-refractivity contribution < 1.29 is 9.59 Å². The van der Waals surface area contributed by atoms with Crippen LogP contribution in [-0.2, 0) is 16.0 Å². The van der Waals surface area contributed by atoms with E-state index in [2.05, 4.69) is 34.6 Å². The predicted octanol–water partition coefficient (Wildman–Crippen LogP) is 3.61. The standard InChI is InChI=1S/C19H24N4O2S/c1-4-12(3)17(25)20-19-22-21-18(26-19)14-10-16(24)23(11-14)15-8-6-13(5-2)7-9-15/h6-9,12,14H,4-5,10-11H2,1-3H3,(H,20,22,25). The fourth-order valence-electron chi connectivity index (χ4n) is 2.90. The third kappa shape index (κ3) is 3.93. The van der Waals surface area contributed by atoms with Crippen molar-refractivity contribution in [3.8, 4) is 0 Å². The molecule has 0 saturated carbocycles. The van der Waals surface area contributed by atoms with Gasteiger partial charge in [-0.05, 0) is 30.5 Å². The van der Waals surface area contributed by atoms with E-state index in [4.69, 9.17) is 0 Å². The normalized spacial score (nSPS) is 18.2.